The van der Waals surface area contributed by atoms with E-state index in [1.54, 1.807) is 6.33 Å². The normalized spacial score (nSPS) is 12.6. The number of fused-ring (bicyclic) bond motifs is 1. The summed E-state index contributed by atoms with van der Waals surface area (Å²) in [5.41, 5.74) is 3.07. The Hall–Kier alpha value is -1.84. The van der Waals surface area contributed by atoms with Crippen LogP contribution in [0, 0.1) is 5.92 Å². The van der Waals surface area contributed by atoms with Gasteiger partial charge in [-0.05, 0) is 30.5 Å². The first-order valence-corrected chi connectivity index (χ1v) is 5.74. The largest absolute Gasteiger partial charge is 0.469 e. The predicted octanol–water partition coefficient (Wildman–Crippen LogP) is 2.30. The standard InChI is InChI=1S/C13H16N2O2/c1-3-10(13(16)17-2)6-9-4-5-11-12(7-9)15-8-14-11/h4-5,7-8,10H,3,6H2,1-2H3,(H,14,15). The molecule has 0 fully saturated rings. The fourth-order valence-electron chi connectivity index (χ4n) is 1.96. The maximum atomic E-state index is 11.5. The van der Waals surface area contributed by atoms with E-state index in [0.717, 1.165) is 23.0 Å². The van der Waals surface area contributed by atoms with E-state index in [-0.39, 0.29) is 11.9 Å². The lowest BCUT2D eigenvalue weighted by Crippen LogP contribution is -2.17. The molecule has 0 spiro atoms. The monoisotopic (exact) mass is 232 g/mol. The quantitative estimate of drug-likeness (QED) is 0.823. The van der Waals surface area contributed by atoms with Crippen molar-refractivity contribution in [3.05, 3.63) is 30.1 Å². The fraction of sp³-hybridized carbons (Fsp3) is 0.385. The molecule has 2 rings (SSSR count). The minimum absolute atomic E-state index is 0.0691. The van der Waals surface area contributed by atoms with Crippen molar-refractivity contribution in [3.8, 4) is 0 Å². The van der Waals surface area contributed by atoms with Crippen molar-refractivity contribution in [2.75, 3.05) is 7.11 Å². The second-order valence-corrected chi connectivity index (χ2v) is 4.09. The van der Waals surface area contributed by atoms with Gasteiger partial charge in [0.1, 0.15) is 0 Å². The van der Waals surface area contributed by atoms with E-state index in [9.17, 15) is 4.79 Å². The van der Waals surface area contributed by atoms with Gasteiger partial charge in [0, 0.05) is 0 Å². The lowest BCUT2D eigenvalue weighted by molar-refractivity contribution is -0.145. The van der Waals surface area contributed by atoms with Crippen LogP contribution < -0.4 is 0 Å². The van der Waals surface area contributed by atoms with Gasteiger partial charge < -0.3 is 9.72 Å². The molecule has 1 aromatic heterocycles. The number of carbonyl (C=O) groups is 1. The first kappa shape index (κ1) is 11.6. The molecule has 0 amide bonds. The number of nitrogens with one attached hydrogen (secondary N) is 1. The van der Waals surface area contributed by atoms with Crippen LogP contribution in [-0.2, 0) is 16.0 Å². The Balaban J connectivity index is 2.18. The second-order valence-electron chi connectivity index (χ2n) is 4.09. The Morgan fingerprint density at radius 3 is 3.06 bits per heavy atom. The predicted molar refractivity (Wildman–Crippen MR) is 65.6 cm³/mol. The fourth-order valence-corrected chi connectivity index (χ4v) is 1.96. The van der Waals surface area contributed by atoms with Gasteiger partial charge in [0.15, 0.2) is 0 Å². The number of carbonyl (C=O) groups excluding carboxylic acids is 1. The highest BCUT2D eigenvalue weighted by Gasteiger charge is 2.17. The van der Waals surface area contributed by atoms with Crippen LogP contribution in [0.15, 0.2) is 24.5 Å². The highest BCUT2D eigenvalue weighted by Crippen LogP contribution is 2.17. The van der Waals surface area contributed by atoms with Gasteiger partial charge in [-0.1, -0.05) is 13.0 Å². The maximum Gasteiger partial charge on any atom is 0.308 e. The number of hydrogen-bond acceptors (Lipinski definition) is 3. The summed E-state index contributed by atoms with van der Waals surface area (Å²) >= 11 is 0. The number of imidazole rings is 1. The minimum Gasteiger partial charge on any atom is -0.469 e. The van der Waals surface area contributed by atoms with Crippen LogP contribution in [0.4, 0.5) is 0 Å². The number of benzene rings is 1. The lowest BCUT2D eigenvalue weighted by Gasteiger charge is -2.12. The van der Waals surface area contributed by atoms with Crippen molar-refractivity contribution in [1.29, 1.82) is 0 Å². The van der Waals surface area contributed by atoms with Crippen molar-refractivity contribution in [2.24, 2.45) is 5.92 Å². The average molecular weight is 232 g/mol. The van der Waals surface area contributed by atoms with E-state index in [0.29, 0.717) is 6.42 Å². The molecule has 0 aliphatic carbocycles. The molecular formula is C13H16N2O2. The van der Waals surface area contributed by atoms with E-state index in [4.69, 9.17) is 4.74 Å². The lowest BCUT2D eigenvalue weighted by atomic mass is 9.97. The summed E-state index contributed by atoms with van der Waals surface area (Å²) in [5.74, 6) is -0.211. The third-order valence-electron chi connectivity index (χ3n) is 2.99. The summed E-state index contributed by atoms with van der Waals surface area (Å²) in [5, 5.41) is 0. The molecule has 2 aromatic rings. The zero-order valence-electron chi connectivity index (χ0n) is 10.1. The molecule has 1 N–H and O–H groups in total. The average Bonchev–Trinajstić information content (AvgIpc) is 2.82. The molecule has 17 heavy (non-hydrogen) atoms. The molecular weight excluding hydrogens is 216 g/mol. The molecule has 0 radical (unpaired) electrons. The molecule has 0 aliphatic heterocycles. The molecule has 1 aromatic carbocycles. The van der Waals surface area contributed by atoms with Crippen molar-refractivity contribution < 1.29 is 9.53 Å². The number of esters is 1. The number of aromatic amines is 1. The smallest absolute Gasteiger partial charge is 0.308 e. The SMILES string of the molecule is CCC(Cc1ccc2nc[nH]c2c1)C(=O)OC. The molecule has 0 aliphatic rings. The molecule has 1 atom stereocenters. The zero-order valence-corrected chi connectivity index (χ0v) is 10.1. The first-order chi connectivity index (χ1) is 8.24. The summed E-state index contributed by atoms with van der Waals surface area (Å²) in [6, 6.07) is 6.01. The van der Waals surface area contributed by atoms with Gasteiger partial charge in [0.05, 0.1) is 30.4 Å². The van der Waals surface area contributed by atoms with Crippen LogP contribution in [0.5, 0.6) is 0 Å². The molecule has 4 heteroatoms. The highest BCUT2D eigenvalue weighted by molar-refractivity contribution is 5.76. The van der Waals surface area contributed by atoms with Crippen molar-refractivity contribution >= 4 is 17.0 Å². The maximum absolute atomic E-state index is 11.5. The van der Waals surface area contributed by atoms with E-state index < -0.39 is 0 Å². The van der Waals surface area contributed by atoms with Gasteiger partial charge in [-0.15, -0.1) is 0 Å². The number of rotatable bonds is 4. The molecule has 0 saturated heterocycles. The van der Waals surface area contributed by atoms with E-state index in [1.807, 2.05) is 25.1 Å². The molecule has 1 heterocycles. The highest BCUT2D eigenvalue weighted by atomic mass is 16.5. The number of methoxy groups -OCH3 is 1. The third-order valence-corrected chi connectivity index (χ3v) is 2.99. The third kappa shape index (κ3) is 2.46. The van der Waals surface area contributed by atoms with E-state index in [1.165, 1.54) is 7.11 Å². The van der Waals surface area contributed by atoms with Gasteiger partial charge >= 0.3 is 5.97 Å². The summed E-state index contributed by atoms with van der Waals surface area (Å²) in [7, 11) is 1.43. The van der Waals surface area contributed by atoms with Crippen LogP contribution in [-0.4, -0.2) is 23.0 Å². The van der Waals surface area contributed by atoms with Gasteiger partial charge in [-0.25, -0.2) is 4.98 Å². The van der Waals surface area contributed by atoms with Crippen LogP contribution in [0.2, 0.25) is 0 Å². The van der Waals surface area contributed by atoms with Gasteiger partial charge in [0.2, 0.25) is 0 Å². The number of nitrogens with zero attached hydrogens (tertiary/aromatic N) is 1. The van der Waals surface area contributed by atoms with Gasteiger partial charge in [-0.3, -0.25) is 4.79 Å². The Morgan fingerprint density at radius 1 is 1.53 bits per heavy atom. The topological polar surface area (TPSA) is 55.0 Å². The number of hydrogen-bond donors (Lipinski definition) is 1. The molecule has 0 saturated carbocycles. The number of aromatic nitrogens is 2. The molecule has 0 bridgehead atoms. The van der Waals surface area contributed by atoms with E-state index >= 15 is 0 Å². The van der Waals surface area contributed by atoms with Crippen LogP contribution in [0.1, 0.15) is 18.9 Å². The zero-order chi connectivity index (χ0) is 12.3. The molecule has 1 unspecified atom stereocenters. The van der Waals surface area contributed by atoms with E-state index in [2.05, 4.69) is 9.97 Å². The summed E-state index contributed by atoms with van der Waals surface area (Å²) in [6.45, 7) is 2.00. The Labute approximate surface area is 100 Å². The Morgan fingerprint density at radius 2 is 2.35 bits per heavy atom. The van der Waals surface area contributed by atoms with Crippen LogP contribution >= 0.6 is 0 Å². The molecule has 90 valence electrons. The van der Waals surface area contributed by atoms with Gasteiger partial charge in [0.25, 0.3) is 0 Å². The van der Waals surface area contributed by atoms with Crippen LogP contribution in [0.3, 0.4) is 0 Å². The number of H-pyrrole nitrogens is 1. The van der Waals surface area contributed by atoms with Gasteiger partial charge in [-0.2, -0.15) is 0 Å². The first-order valence-electron chi connectivity index (χ1n) is 5.74. The minimum atomic E-state index is -0.141. The molecule has 4 nitrogen and oxygen atoms in total. The van der Waals surface area contributed by atoms with Crippen molar-refractivity contribution in [2.45, 2.75) is 19.8 Å². The van der Waals surface area contributed by atoms with Crippen molar-refractivity contribution in [3.63, 3.8) is 0 Å². The van der Waals surface area contributed by atoms with Crippen LogP contribution in [0.25, 0.3) is 11.0 Å². The Bertz CT molecular complexity index is 519. The number of ether oxygens (including phenoxy) is 1. The van der Waals surface area contributed by atoms with Crippen molar-refractivity contribution in [1.82, 2.24) is 9.97 Å². The Kier molecular flexibility index (Phi) is 3.42. The summed E-state index contributed by atoms with van der Waals surface area (Å²) < 4.78 is 4.79. The second kappa shape index (κ2) is 4.99. The summed E-state index contributed by atoms with van der Waals surface area (Å²) in [6.07, 6.45) is 3.16. The summed E-state index contributed by atoms with van der Waals surface area (Å²) in [4.78, 5) is 18.7.